The van der Waals surface area contributed by atoms with Crippen LogP contribution in [-0.2, 0) is 26.2 Å². The first-order valence-corrected chi connectivity index (χ1v) is 14.4. The van der Waals surface area contributed by atoms with E-state index in [1.54, 1.807) is 32.0 Å². The van der Waals surface area contributed by atoms with Crippen LogP contribution >= 0.6 is 27.5 Å². The van der Waals surface area contributed by atoms with Gasteiger partial charge in [0.1, 0.15) is 6.04 Å². The molecular weight excluding hydrogens is 554 g/mol. The Hall–Kier alpha value is -2.10. The van der Waals surface area contributed by atoms with Crippen LogP contribution in [0.3, 0.4) is 0 Å². The first-order chi connectivity index (χ1) is 16.3. The highest BCUT2D eigenvalue weighted by Gasteiger charge is 2.27. The van der Waals surface area contributed by atoms with E-state index >= 15 is 0 Å². The van der Waals surface area contributed by atoms with Crippen molar-refractivity contribution in [2.75, 3.05) is 17.1 Å². The van der Waals surface area contributed by atoms with Crippen molar-refractivity contribution in [2.45, 2.75) is 59.2 Å². The Kier molecular flexibility index (Phi) is 10.6. The lowest BCUT2D eigenvalue weighted by Crippen LogP contribution is -2.49. The topological polar surface area (TPSA) is 86.8 Å². The van der Waals surface area contributed by atoms with Gasteiger partial charge in [-0.25, -0.2) is 8.42 Å². The minimum absolute atomic E-state index is 0.0566. The van der Waals surface area contributed by atoms with Crippen molar-refractivity contribution >= 4 is 55.1 Å². The van der Waals surface area contributed by atoms with Gasteiger partial charge in [-0.3, -0.25) is 13.9 Å². The Morgan fingerprint density at radius 1 is 1.09 bits per heavy atom. The summed E-state index contributed by atoms with van der Waals surface area (Å²) in [5, 5.41) is 3.33. The zero-order valence-corrected chi connectivity index (χ0v) is 23.9. The highest BCUT2D eigenvalue weighted by molar-refractivity contribution is 9.10. The number of hydrogen-bond donors (Lipinski definition) is 1. The lowest BCUT2D eigenvalue weighted by molar-refractivity contribution is -0.140. The number of hydrogen-bond acceptors (Lipinski definition) is 4. The number of rotatable bonds is 11. The highest BCUT2D eigenvalue weighted by Crippen LogP contribution is 2.28. The SMILES string of the molecule is Cc1c(Cl)cccc1N(CCCC(=O)N(Cc1ccc(Br)cc1)C(C)C(=O)NC(C)C)S(C)(=O)=O. The number of carbonyl (C=O) groups excluding carboxylic acids is 2. The van der Waals surface area contributed by atoms with Gasteiger partial charge in [-0.15, -0.1) is 0 Å². The van der Waals surface area contributed by atoms with Gasteiger partial charge in [0.15, 0.2) is 0 Å². The molecular formula is C25H33BrClN3O4S. The summed E-state index contributed by atoms with van der Waals surface area (Å²) >= 11 is 9.60. The molecule has 192 valence electrons. The van der Waals surface area contributed by atoms with Crippen LogP contribution in [0.4, 0.5) is 5.69 Å². The van der Waals surface area contributed by atoms with Gasteiger partial charge in [-0.2, -0.15) is 0 Å². The Balaban J connectivity index is 2.20. The van der Waals surface area contributed by atoms with E-state index in [9.17, 15) is 18.0 Å². The minimum Gasteiger partial charge on any atom is -0.352 e. The van der Waals surface area contributed by atoms with Gasteiger partial charge in [-0.05, 0) is 69.5 Å². The van der Waals surface area contributed by atoms with Gasteiger partial charge in [0.2, 0.25) is 21.8 Å². The molecule has 2 aromatic carbocycles. The van der Waals surface area contributed by atoms with Crippen molar-refractivity contribution in [3.05, 3.63) is 63.1 Å². The van der Waals surface area contributed by atoms with E-state index in [1.807, 2.05) is 38.1 Å². The molecule has 0 spiro atoms. The minimum atomic E-state index is -3.59. The molecule has 0 aromatic heterocycles. The summed E-state index contributed by atoms with van der Waals surface area (Å²) in [6, 6.07) is 11.9. The van der Waals surface area contributed by atoms with Gasteiger partial charge >= 0.3 is 0 Å². The van der Waals surface area contributed by atoms with Crippen molar-refractivity contribution in [1.29, 1.82) is 0 Å². The zero-order valence-electron chi connectivity index (χ0n) is 20.7. The molecule has 0 fully saturated rings. The standard InChI is InChI=1S/C25H33BrClN3O4S/c1-17(2)28-25(32)19(4)29(16-20-11-13-21(26)14-12-20)24(31)10-7-15-30(35(5,33)34)23-9-6-8-22(27)18(23)3/h6,8-9,11-14,17,19H,7,10,15-16H2,1-5H3,(H,28,32). The second-order valence-electron chi connectivity index (χ2n) is 8.81. The van der Waals surface area contributed by atoms with E-state index < -0.39 is 16.1 Å². The van der Waals surface area contributed by atoms with Gasteiger partial charge in [0.25, 0.3) is 0 Å². The van der Waals surface area contributed by atoms with Crippen LogP contribution in [0.1, 0.15) is 44.7 Å². The zero-order chi connectivity index (χ0) is 26.3. The van der Waals surface area contributed by atoms with Crippen LogP contribution in [0.15, 0.2) is 46.9 Å². The van der Waals surface area contributed by atoms with Crippen LogP contribution in [0.5, 0.6) is 0 Å². The van der Waals surface area contributed by atoms with Crippen molar-refractivity contribution < 1.29 is 18.0 Å². The molecule has 0 bridgehead atoms. The number of nitrogens with zero attached hydrogens (tertiary/aromatic N) is 2. The molecule has 1 atom stereocenters. The molecule has 1 unspecified atom stereocenters. The van der Waals surface area contributed by atoms with Gasteiger partial charge < -0.3 is 10.2 Å². The van der Waals surface area contributed by atoms with Crippen molar-refractivity contribution in [1.82, 2.24) is 10.2 Å². The van der Waals surface area contributed by atoms with Crippen molar-refractivity contribution in [2.24, 2.45) is 0 Å². The fourth-order valence-electron chi connectivity index (χ4n) is 3.62. The van der Waals surface area contributed by atoms with Crippen LogP contribution < -0.4 is 9.62 Å². The van der Waals surface area contributed by atoms with Gasteiger partial charge in [0, 0.05) is 35.0 Å². The molecule has 7 nitrogen and oxygen atoms in total. The highest BCUT2D eigenvalue weighted by atomic mass is 79.9. The number of nitrogens with one attached hydrogen (secondary N) is 1. The summed E-state index contributed by atoms with van der Waals surface area (Å²) in [5.41, 5.74) is 2.03. The first-order valence-electron chi connectivity index (χ1n) is 11.4. The van der Waals surface area contributed by atoms with Gasteiger partial charge in [0.05, 0.1) is 11.9 Å². The number of sulfonamides is 1. The molecule has 0 radical (unpaired) electrons. The predicted molar refractivity (Wildman–Crippen MR) is 145 cm³/mol. The Bertz CT molecular complexity index is 1140. The maximum absolute atomic E-state index is 13.3. The molecule has 35 heavy (non-hydrogen) atoms. The Morgan fingerprint density at radius 3 is 2.29 bits per heavy atom. The van der Waals surface area contributed by atoms with Crippen LogP contribution in [0.2, 0.25) is 5.02 Å². The average Bonchev–Trinajstić information content (AvgIpc) is 2.76. The molecule has 0 saturated heterocycles. The van der Waals surface area contributed by atoms with E-state index in [0.29, 0.717) is 16.3 Å². The average molecular weight is 587 g/mol. The van der Waals surface area contributed by atoms with Crippen molar-refractivity contribution in [3.8, 4) is 0 Å². The molecule has 1 N–H and O–H groups in total. The molecule has 0 aliphatic rings. The first kappa shape index (κ1) is 29.1. The molecule has 0 heterocycles. The molecule has 0 aliphatic carbocycles. The number of benzene rings is 2. The number of amides is 2. The third kappa shape index (κ3) is 8.51. The predicted octanol–water partition coefficient (Wildman–Crippen LogP) is 4.90. The second kappa shape index (κ2) is 12.7. The normalized spacial score (nSPS) is 12.3. The maximum Gasteiger partial charge on any atom is 0.242 e. The van der Waals surface area contributed by atoms with E-state index in [1.165, 1.54) is 9.21 Å². The fraction of sp³-hybridized carbons (Fsp3) is 0.440. The maximum atomic E-state index is 13.3. The summed E-state index contributed by atoms with van der Waals surface area (Å²) < 4.78 is 27.2. The van der Waals surface area contributed by atoms with E-state index in [-0.39, 0.29) is 43.8 Å². The summed E-state index contributed by atoms with van der Waals surface area (Å²) in [5.74, 6) is -0.464. The molecule has 0 aliphatic heterocycles. The van der Waals surface area contributed by atoms with E-state index in [4.69, 9.17) is 11.6 Å². The molecule has 10 heteroatoms. The fourth-order valence-corrected chi connectivity index (χ4v) is 5.07. The molecule has 2 aromatic rings. The molecule has 2 amide bonds. The van der Waals surface area contributed by atoms with E-state index in [0.717, 1.165) is 16.3 Å². The van der Waals surface area contributed by atoms with Crippen molar-refractivity contribution in [3.63, 3.8) is 0 Å². The monoisotopic (exact) mass is 585 g/mol. The lowest BCUT2D eigenvalue weighted by atomic mass is 10.1. The Morgan fingerprint density at radius 2 is 1.71 bits per heavy atom. The number of anilines is 1. The van der Waals surface area contributed by atoms with Crippen LogP contribution in [-0.4, -0.2) is 50.0 Å². The third-order valence-corrected chi connectivity index (χ3v) is 7.64. The lowest BCUT2D eigenvalue weighted by Gasteiger charge is -2.30. The summed E-state index contributed by atoms with van der Waals surface area (Å²) in [6.45, 7) is 7.57. The summed E-state index contributed by atoms with van der Waals surface area (Å²) in [6.07, 6.45) is 1.50. The second-order valence-corrected chi connectivity index (χ2v) is 12.0. The van der Waals surface area contributed by atoms with Crippen LogP contribution in [0, 0.1) is 6.92 Å². The summed E-state index contributed by atoms with van der Waals surface area (Å²) in [7, 11) is -3.59. The smallest absolute Gasteiger partial charge is 0.242 e. The van der Waals surface area contributed by atoms with E-state index in [2.05, 4.69) is 21.2 Å². The number of carbonyl (C=O) groups is 2. The summed E-state index contributed by atoms with van der Waals surface area (Å²) in [4.78, 5) is 27.5. The Labute approximate surface area is 222 Å². The largest absolute Gasteiger partial charge is 0.352 e. The van der Waals surface area contributed by atoms with Crippen LogP contribution in [0.25, 0.3) is 0 Å². The quantitative estimate of drug-likeness (QED) is 0.406. The third-order valence-electron chi connectivity index (χ3n) is 5.52. The molecule has 0 saturated carbocycles. The van der Waals surface area contributed by atoms with Gasteiger partial charge in [-0.1, -0.05) is 45.7 Å². The number of halogens is 2. The molecule has 2 rings (SSSR count).